The van der Waals surface area contributed by atoms with Gasteiger partial charge in [0.15, 0.2) is 0 Å². The van der Waals surface area contributed by atoms with Crippen LogP contribution in [0.2, 0.25) is 0 Å². The van der Waals surface area contributed by atoms with Gasteiger partial charge in [0, 0.05) is 13.0 Å². The number of hydrogen-bond donors (Lipinski definition) is 1. The van der Waals surface area contributed by atoms with Crippen molar-refractivity contribution in [3.05, 3.63) is 17.5 Å². The van der Waals surface area contributed by atoms with Gasteiger partial charge in [-0.05, 0) is 25.8 Å². The quantitative estimate of drug-likeness (QED) is 0.573. The lowest BCUT2D eigenvalue weighted by Gasteiger charge is -1.99. The molecule has 1 fully saturated rings. The monoisotopic (exact) mass is 192 g/mol. The number of aryl methyl sites for hydroxylation is 2. The lowest BCUT2D eigenvalue weighted by Crippen LogP contribution is -2.14. The molecule has 0 unspecified atom stereocenters. The van der Waals surface area contributed by atoms with E-state index in [0.717, 1.165) is 17.2 Å². The van der Waals surface area contributed by atoms with E-state index in [1.165, 1.54) is 12.8 Å². The van der Waals surface area contributed by atoms with Gasteiger partial charge < -0.3 is 5.73 Å². The summed E-state index contributed by atoms with van der Waals surface area (Å²) in [6, 6.07) is 2.05. The lowest BCUT2D eigenvalue weighted by atomic mass is 10.3. The normalized spacial score (nSPS) is 17.4. The molecule has 0 bridgehead atoms. The zero-order chi connectivity index (χ0) is 10.1. The Kier molecular flexibility index (Phi) is 2.27. The van der Waals surface area contributed by atoms with E-state index in [0.29, 0.717) is 12.5 Å². The number of rotatable bonds is 3. The van der Waals surface area contributed by atoms with Crippen molar-refractivity contribution in [2.24, 2.45) is 23.7 Å². The van der Waals surface area contributed by atoms with Crippen LogP contribution in [0.25, 0.3) is 0 Å². The van der Waals surface area contributed by atoms with E-state index in [9.17, 15) is 0 Å². The summed E-state index contributed by atoms with van der Waals surface area (Å²) < 4.78 is 1.86. The molecule has 14 heavy (non-hydrogen) atoms. The minimum atomic E-state index is 0.560. The topological polar surface area (TPSA) is 56.2 Å². The highest BCUT2D eigenvalue weighted by Gasteiger charge is 2.25. The van der Waals surface area contributed by atoms with Crippen LogP contribution in [0.15, 0.2) is 11.1 Å². The van der Waals surface area contributed by atoms with Gasteiger partial charge in [-0.3, -0.25) is 9.67 Å². The van der Waals surface area contributed by atoms with Crippen molar-refractivity contribution < 1.29 is 0 Å². The van der Waals surface area contributed by atoms with Crippen molar-refractivity contribution in [3.63, 3.8) is 0 Å². The number of hydrogen-bond acceptors (Lipinski definition) is 2. The maximum atomic E-state index is 5.80. The molecular weight excluding hydrogens is 176 g/mol. The van der Waals surface area contributed by atoms with Gasteiger partial charge in [0.1, 0.15) is 0 Å². The Morgan fingerprint density at radius 1 is 1.71 bits per heavy atom. The van der Waals surface area contributed by atoms with Crippen LogP contribution >= 0.6 is 0 Å². The number of aliphatic imine (C=N–C) groups is 1. The van der Waals surface area contributed by atoms with E-state index >= 15 is 0 Å². The lowest BCUT2D eigenvalue weighted by molar-refractivity contribution is 0.705. The predicted molar refractivity (Wildman–Crippen MR) is 56.0 cm³/mol. The van der Waals surface area contributed by atoms with Crippen LogP contribution in [-0.2, 0) is 13.6 Å². The maximum absolute atomic E-state index is 5.80. The number of nitrogens with two attached hydrogens (primary N) is 1. The smallest absolute Gasteiger partial charge is 0.0973 e. The highest BCUT2D eigenvalue weighted by Crippen LogP contribution is 2.28. The van der Waals surface area contributed by atoms with Gasteiger partial charge >= 0.3 is 0 Å². The van der Waals surface area contributed by atoms with E-state index in [1.54, 1.807) is 0 Å². The zero-order valence-electron chi connectivity index (χ0n) is 8.70. The summed E-state index contributed by atoms with van der Waals surface area (Å²) in [7, 11) is 1.94. The summed E-state index contributed by atoms with van der Waals surface area (Å²) in [5.41, 5.74) is 7.95. The number of amidine groups is 1. The van der Waals surface area contributed by atoms with Crippen molar-refractivity contribution in [1.29, 1.82) is 0 Å². The first-order valence-electron chi connectivity index (χ1n) is 4.96. The van der Waals surface area contributed by atoms with Crippen molar-refractivity contribution in [2.45, 2.75) is 26.3 Å². The van der Waals surface area contributed by atoms with E-state index in [-0.39, 0.29) is 0 Å². The van der Waals surface area contributed by atoms with E-state index in [4.69, 9.17) is 5.73 Å². The van der Waals surface area contributed by atoms with Crippen molar-refractivity contribution in [3.8, 4) is 0 Å². The minimum Gasteiger partial charge on any atom is -0.387 e. The third-order valence-corrected chi connectivity index (χ3v) is 2.52. The number of nitrogens with zero attached hydrogens (tertiary/aromatic N) is 3. The summed E-state index contributed by atoms with van der Waals surface area (Å²) >= 11 is 0. The van der Waals surface area contributed by atoms with Crippen LogP contribution in [0, 0.1) is 12.8 Å². The first-order valence-corrected chi connectivity index (χ1v) is 4.96. The molecule has 2 N–H and O–H groups in total. The molecule has 4 heteroatoms. The molecule has 0 radical (unpaired) electrons. The molecule has 0 aliphatic heterocycles. The predicted octanol–water partition coefficient (Wildman–Crippen LogP) is 0.996. The Morgan fingerprint density at radius 3 is 2.93 bits per heavy atom. The second kappa shape index (κ2) is 3.44. The van der Waals surface area contributed by atoms with Gasteiger partial charge in [-0.15, -0.1) is 0 Å². The van der Waals surface area contributed by atoms with E-state index in [2.05, 4.69) is 10.1 Å². The molecule has 0 aromatic carbocycles. The standard InChI is InChI=1S/C10H16N4/c1-7-5-9(14(2)13-7)6-12-10(11)8-3-4-8/h5,8H,3-4,6H2,1-2H3,(H2,11,12). The molecule has 0 spiro atoms. The van der Waals surface area contributed by atoms with Gasteiger partial charge in [0.2, 0.25) is 0 Å². The molecule has 4 nitrogen and oxygen atoms in total. The summed E-state index contributed by atoms with van der Waals surface area (Å²) in [6.07, 6.45) is 2.42. The highest BCUT2D eigenvalue weighted by atomic mass is 15.3. The maximum Gasteiger partial charge on any atom is 0.0973 e. The molecule has 1 aliphatic rings. The van der Waals surface area contributed by atoms with Crippen LogP contribution in [0.5, 0.6) is 0 Å². The Labute approximate surface area is 83.8 Å². The van der Waals surface area contributed by atoms with Crippen molar-refractivity contribution >= 4 is 5.84 Å². The average molecular weight is 192 g/mol. The second-order valence-electron chi connectivity index (χ2n) is 3.92. The fourth-order valence-electron chi connectivity index (χ4n) is 1.49. The minimum absolute atomic E-state index is 0.560. The van der Waals surface area contributed by atoms with Crippen LogP contribution in [0.4, 0.5) is 0 Å². The first-order chi connectivity index (χ1) is 6.66. The molecular formula is C10H16N4. The van der Waals surface area contributed by atoms with Crippen LogP contribution in [-0.4, -0.2) is 15.6 Å². The molecule has 1 aromatic heterocycles. The number of aromatic nitrogens is 2. The van der Waals surface area contributed by atoms with Crippen LogP contribution in [0.3, 0.4) is 0 Å². The van der Waals surface area contributed by atoms with Gasteiger partial charge in [-0.25, -0.2) is 0 Å². The average Bonchev–Trinajstić information content (AvgIpc) is 2.90. The SMILES string of the molecule is Cc1cc(CN=C(N)C2CC2)n(C)n1. The van der Waals surface area contributed by atoms with E-state index in [1.807, 2.05) is 24.7 Å². The third kappa shape index (κ3) is 1.95. The Morgan fingerprint density at radius 2 is 2.43 bits per heavy atom. The van der Waals surface area contributed by atoms with E-state index < -0.39 is 0 Å². The molecule has 0 amide bonds. The van der Waals surface area contributed by atoms with Crippen molar-refractivity contribution in [2.75, 3.05) is 0 Å². The van der Waals surface area contributed by atoms with Crippen LogP contribution in [0.1, 0.15) is 24.2 Å². The highest BCUT2D eigenvalue weighted by molar-refractivity contribution is 5.84. The first kappa shape index (κ1) is 9.24. The summed E-state index contributed by atoms with van der Waals surface area (Å²) in [5, 5.41) is 4.26. The fourth-order valence-corrected chi connectivity index (χ4v) is 1.49. The van der Waals surface area contributed by atoms with Gasteiger partial charge in [-0.2, -0.15) is 5.10 Å². The molecule has 1 saturated carbocycles. The van der Waals surface area contributed by atoms with Gasteiger partial charge in [0.25, 0.3) is 0 Å². The molecule has 76 valence electrons. The van der Waals surface area contributed by atoms with Crippen LogP contribution < -0.4 is 5.73 Å². The zero-order valence-corrected chi connectivity index (χ0v) is 8.70. The second-order valence-corrected chi connectivity index (χ2v) is 3.92. The molecule has 1 aliphatic carbocycles. The molecule has 0 saturated heterocycles. The Hall–Kier alpha value is -1.32. The summed E-state index contributed by atoms with van der Waals surface area (Å²) in [5.74, 6) is 1.37. The Bertz CT molecular complexity index is 360. The van der Waals surface area contributed by atoms with Crippen molar-refractivity contribution in [1.82, 2.24) is 9.78 Å². The Balaban J connectivity index is 2.03. The largest absolute Gasteiger partial charge is 0.387 e. The molecule has 2 rings (SSSR count). The molecule has 1 aromatic rings. The third-order valence-electron chi connectivity index (χ3n) is 2.52. The molecule has 0 atom stereocenters. The van der Waals surface area contributed by atoms with Gasteiger partial charge in [-0.1, -0.05) is 0 Å². The summed E-state index contributed by atoms with van der Waals surface area (Å²) in [4.78, 5) is 4.36. The summed E-state index contributed by atoms with van der Waals surface area (Å²) in [6.45, 7) is 2.64. The van der Waals surface area contributed by atoms with Gasteiger partial charge in [0.05, 0.1) is 23.8 Å². The molecule has 1 heterocycles. The fraction of sp³-hybridized carbons (Fsp3) is 0.600.